The Morgan fingerprint density at radius 3 is 2.34 bits per heavy atom. The van der Waals surface area contributed by atoms with Crippen molar-refractivity contribution in [1.82, 2.24) is 0 Å². The van der Waals surface area contributed by atoms with E-state index in [4.69, 9.17) is 14.2 Å². The molecule has 6 nitrogen and oxygen atoms in total. The summed E-state index contributed by atoms with van der Waals surface area (Å²) in [5.41, 5.74) is 1.13. The molecule has 0 radical (unpaired) electrons. The van der Waals surface area contributed by atoms with E-state index in [1.165, 1.54) is 31.4 Å². The second kappa shape index (κ2) is 10.9. The summed E-state index contributed by atoms with van der Waals surface area (Å²) in [6.45, 7) is 1.42. The van der Waals surface area contributed by atoms with Crippen molar-refractivity contribution in [2.24, 2.45) is 0 Å². The molecular weight excluding hydrogens is 384 g/mol. The van der Waals surface area contributed by atoms with Gasteiger partial charge in [0.25, 0.3) is 0 Å². The fraction of sp³-hybridized carbons (Fsp3) is 0.286. The van der Waals surface area contributed by atoms with Crippen LogP contribution in [0.3, 0.4) is 0 Å². The van der Waals surface area contributed by atoms with E-state index >= 15 is 0 Å². The number of alkyl halides is 2. The highest BCUT2D eigenvalue weighted by Crippen LogP contribution is 2.31. The number of anilines is 1. The van der Waals surface area contributed by atoms with Crippen molar-refractivity contribution in [2.45, 2.75) is 20.5 Å². The second-order valence-electron chi connectivity index (χ2n) is 5.64. The van der Waals surface area contributed by atoms with Crippen LogP contribution in [0.5, 0.6) is 23.0 Å². The number of amides is 1. The molecule has 29 heavy (non-hydrogen) atoms. The molecule has 2 aromatic rings. The fourth-order valence-electron chi connectivity index (χ4n) is 2.47. The maximum atomic E-state index is 12.5. The minimum atomic E-state index is -2.95. The van der Waals surface area contributed by atoms with Crippen LogP contribution in [0, 0.1) is 0 Å². The molecule has 0 saturated heterocycles. The SMILES string of the molecule is CCOc1ccc(NC(=O)/C=C/c2ccc(OC(F)F)c(OCC)c2)cc1OC. The molecule has 0 bridgehead atoms. The van der Waals surface area contributed by atoms with Gasteiger partial charge in [0.05, 0.1) is 20.3 Å². The highest BCUT2D eigenvalue weighted by molar-refractivity contribution is 6.02. The van der Waals surface area contributed by atoms with Gasteiger partial charge in [0, 0.05) is 17.8 Å². The van der Waals surface area contributed by atoms with E-state index in [-0.39, 0.29) is 24.0 Å². The van der Waals surface area contributed by atoms with E-state index < -0.39 is 6.61 Å². The van der Waals surface area contributed by atoms with Crippen molar-refractivity contribution >= 4 is 17.7 Å². The Morgan fingerprint density at radius 1 is 1.00 bits per heavy atom. The molecule has 0 fully saturated rings. The van der Waals surface area contributed by atoms with Crippen LogP contribution in [-0.4, -0.2) is 32.8 Å². The maximum Gasteiger partial charge on any atom is 0.387 e. The Labute approximate surface area is 168 Å². The van der Waals surface area contributed by atoms with E-state index in [0.29, 0.717) is 29.4 Å². The molecule has 0 aliphatic rings. The van der Waals surface area contributed by atoms with Gasteiger partial charge in [-0.25, -0.2) is 0 Å². The summed E-state index contributed by atoms with van der Waals surface area (Å²) in [5, 5.41) is 2.72. The van der Waals surface area contributed by atoms with Crippen LogP contribution in [-0.2, 0) is 4.79 Å². The highest BCUT2D eigenvalue weighted by Gasteiger charge is 2.11. The summed E-state index contributed by atoms with van der Waals surface area (Å²) in [6.07, 6.45) is 2.86. The van der Waals surface area contributed by atoms with Crippen LogP contribution in [0.25, 0.3) is 6.08 Å². The molecule has 2 aromatic carbocycles. The Hall–Kier alpha value is -3.29. The van der Waals surface area contributed by atoms with Gasteiger partial charge in [-0.05, 0) is 49.8 Å². The van der Waals surface area contributed by atoms with Gasteiger partial charge in [-0.1, -0.05) is 6.07 Å². The molecule has 2 rings (SSSR count). The van der Waals surface area contributed by atoms with E-state index in [1.54, 1.807) is 31.2 Å². The minimum Gasteiger partial charge on any atom is -0.493 e. The Bertz CT molecular complexity index is 855. The van der Waals surface area contributed by atoms with E-state index in [1.807, 2.05) is 6.92 Å². The third-order valence-corrected chi connectivity index (χ3v) is 3.64. The zero-order chi connectivity index (χ0) is 21.2. The lowest BCUT2D eigenvalue weighted by Gasteiger charge is -2.12. The summed E-state index contributed by atoms with van der Waals surface area (Å²) in [7, 11) is 1.51. The first-order valence-corrected chi connectivity index (χ1v) is 8.98. The molecule has 0 heterocycles. The molecule has 1 N–H and O–H groups in total. The number of hydrogen-bond acceptors (Lipinski definition) is 5. The quantitative estimate of drug-likeness (QED) is 0.576. The van der Waals surface area contributed by atoms with Crippen LogP contribution in [0.4, 0.5) is 14.5 Å². The van der Waals surface area contributed by atoms with Gasteiger partial charge in [0.2, 0.25) is 5.91 Å². The number of rotatable bonds is 10. The van der Waals surface area contributed by atoms with Gasteiger partial charge < -0.3 is 24.3 Å². The summed E-state index contributed by atoms with van der Waals surface area (Å²) < 4.78 is 45.4. The number of nitrogens with one attached hydrogen (secondary N) is 1. The molecule has 0 spiro atoms. The van der Waals surface area contributed by atoms with Crippen LogP contribution in [0.2, 0.25) is 0 Å². The molecule has 0 atom stereocenters. The van der Waals surface area contributed by atoms with Gasteiger partial charge >= 0.3 is 6.61 Å². The molecule has 0 saturated carbocycles. The lowest BCUT2D eigenvalue weighted by atomic mass is 10.2. The number of halogens is 2. The number of benzene rings is 2. The van der Waals surface area contributed by atoms with Gasteiger partial charge in [-0.2, -0.15) is 8.78 Å². The number of methoxy groups -OCH3 is 1. The average molecular weight is 407 g/mol. The van der Waals surface area contributed by atoms with E-state index in [0.717, 1.165) is 0 Å². The Balaban J connectivity index is 2.09. The normalized spacial score (nSPS) is 10.8. The highest BCUT2D eigenvalue weighted by atomic mass is 19.3. The van der Waals surface area contributed by atoms with Crippen molar-refractivity contribution in [3.05, 3.63) is 48.0 Å². The summed E-state index contributed by atoms with van der Waals surface area (Å²) in [6, 6.07) is 9.49. The molecular formula is C21H23F2NO5. The van der Waals surface area contributed by atoms with Crippen molar-refractivity contribution in [3.63, 3.8) is 0 Å². The Kier molecular flexibility index (Phi) is 8.27. The maximum absolute atomic E-state index is 12.5. The molecule has 156 valence electrons. The summed E-state index contributed by atoms with van der Waals surface area (Å²) in [5.74, 6) is 0.821. The first kappa shape index (κ1) is 22.0. The predicted molar refractivity (Wildman–Crippen MR) is 106 cm³/mol. The number of ether oxygens (including phenoxy) is 4. The third kappa shape index (κ3) is 6.67. The zero-order valence-electron chi connectivity index (χ0n) is 16.4. The van der Waals surface area contributed by atoms with Gasteiger partial charge in [0.15, 0.2) is 23.0 Å². The van der Waals surface area contributed by atoms with Crippen LogP contribution < -0.4 is 24.3 Å². The molecule has 0 aliphatic carbocycles. The first-order valence-electron chi connectivity index (χ1n) is 8.98. The average Bonchev–Trinajstić information content (AvgIpc) is 2.69. The van der Waals surface area contributed by atoms with Gasteiger partial charge in [-0.15, -0.1) is 0 Å². The number of carbonyl (C=O) groups is 1. The van der Waals surface area contributed by atoms with Crippen molar-refractivity contribution < 1.29 is 32.5 Å². The molecule has 1 amide bonds. The van der Waals surface area contributed by atoms with Crippen LogP contribution in [0.15, 0.2) is 42.5 Å². The van der Waals surface area contributed by atoms with Crippen LogP contribution >= 0.6 is 0 Å². The molecule has 0 aromatic heterocycles. The smallest absolute Gasteiger partial charge is 0.387 e. The lowest BCUT2D eigenvalue weighted by molar-refractivity contribution is -0.111. The van der Waals surface area contributed by atoms with Gasteiger partial charge in [-0.3, -0.25) is 4.79 Å². The summed E-state index contributed by atoms with van der Waals surface area (Å²) >= 11 is 0. The minimum absolute atomic E-state index is 0.0649. The number of carbonyl (C=O) groups excluding carboxylic acids is 1. The van der Waals surface area contributed by atoms with Crippen LogP contribution in [0.1, 0.15) is 19.4 Å². The molecule has 8 heteroatoms. The van der Waals surface area contributed by atoms with E-state index in [9.17, 15) is 13.6 Å². The fourth-order valence-corrected chi connectivity index (χ4v) is 2.47. The van der Waals surface area contributed by atoms with Crippen molar-refractivity contribution in [2.75, 3.05) is 25.6 Å². The zero-order valence-corrected chi connectivity index (χ0v) is 16.4. The molecule has 0 unspecified atom stereocenters. The largest absolute Gasteiger partial charge is 0.493 e. The van der Waals surface area contributed by atoms with E-state index in [2.05, 4.69) is 10.1 Å². The Morgan fingerprint density at radius 2 is 1.69 bits per heavy atom. The first-order chi connectivity index (χ1) is 14.0. The number of hydrogen-bond donors (Lipinski definition) is 1. The monoisotopic (exact) mass is 407 g/mol. The van der Waals surface area contributed by atoms with Gasteiger partial charge in [0.1, 0.15) is 0 Å². The molecule has 0 aliphatic heterocycles. The van der Waals surface area contributed by atoms with Crippen molar-refractivity contribution in [1.29, 1.82) is 0 Å². The van der Waals surface area contributed by atoms with Crippen molar-refractivity contribution in [3.8, 4) is 23.0 Å². The predicted octanol–water partition coefficient (Wildman–Crippen LogP) is 4.75. The third-order valence-electron chi connectivity index (χ3n) is 3.64. The summed E-state index contributed by atoms with van der Waals surface area (Å²) in [4.78, 5) is 12.2. The lowest BCUT2D eigenvalue weighted by Crippen LogP contribution is -2.08. The second-order valence-corrected chi connectivity index (χ2v) is 5.64. The topological polar surface area (TPSA) is 66.0 Å². The standard InChI is InChI=1S/C21H23F2NO5/c1-4-27-16-10-8-15(13-18(16)26-3)24-20(25)11-7-14-6-9-17(29-21(22)23)19(12-14)28-5-2/h6-13,21H,4-5H2,1-3H3,(H,24,25)/b11-7+.